The maximum absolute atomic E-state index is 12.4. The van der Waals surface area contributed by atoms with E-state index in [1.807, 2.05) is 62.4 Å². The lowest BCUT2D eigenvalue weighted by molar-refractivity contribution is -0.122. The lowest BCUT2D eigenvalue weighted by Crippen LogP contribution is -2.30. The molecular weight excluding hydrogens is 336 g/mol. The van der Waals surface area contributed by atoms with E-state index >= 15 is 0 Å². The predicted molar refractivity (Wildman–Crippen MR) is 108 cm³/mol. The summed E-state index contributed by atoms with van der Waals surface area (Å²) in [5.41, 5.74) is 5.37. The number of rotatable bonds is 6. The molecule has 0 unspecified atom stereocenters. The molecule has 0 saturated carbocycles. The van der Waals surface area contributed by atoms with Crippen molar-refractivity contribution in [3.63, 3.8) is 0 Å². The topological polar surface area (TPSA) is 51.2 Å². The van der Waals surface area contributed by atoms with Gasteiger partial charge in [0, 0.05) is 18.1 Å². The lowest BCUT2D eigenvalue weighted by atomic mass is 10.1. The minimum Gasteiger partial charge on any atom is -0.481 e. The fourth-order valence-corrected chi connectivity index (χ4v) is 2.94. The Morgan fingerprint density at radius 1 is 0.963 bits per heavy atom. The van der Waals surface area contributed by atoms with Crippen LogP contribution in [0.1, 0.15) is 29.2 Å². The van der Waals surface area contributed by atoms with Crippen molar-refractivity contribution in [1.82, 2.24) is 4.98 Å². The molecule has 1 aromatic heterocycles. The van der Waals surface area contributed by atoms with Crippen LogP contribution in [0.2, 0.25) is 0 Å². The summed E-state index contributed by atoms with van der Waals surface area (Å²) in [6.45, 7) is 5.78. The molecule has 138 valence electrons. The Morgan fingerprint density at radius 3 is 2.19 bits per heavy atom. The summed E-state index contributed by atoms with van der Waals surface area (Å²) in [6.07, 6.45) is 3.84. The van der Waals surface area contributed by atoms with Crippen molar-refractivity contribution in [2.24, 2.45) is 0 Å². The van der Waals surface area contributed by atoms with Crippen molar-refractivity contribution >= 4 is 11.6 Å². The summed E-state index contributed by atoms with van der Waals surface area (Å²) in [6, 6.07) is 17.8. The van der Waals surface area contributed by atoms with Gasteiger partial charge in [0.2, 0.25) is 0 Å². The maximum Gasteiger partial charge on any atom is 0.265 e. The van der Waals surface area contributed by atoms with Crippen LogP contribution in [0.4, 0.5) is 5.69 Å². The van der Waals surface area contributed by atoms with E-state index in [0.717, 1.165) is 23.2 Å². The Morgan fingerprint density at radius 2 is 1.56 bits per heavy atom. The van der Waals surface area contributed by atoms with Crippen LogP contribution in [-0.4, -0.2) is 17.0 Å². The van der Waals surface area contributed by atoms with E-state index in [0.29, 0.717) is 5.75 Å². The fourth-order valence-electron chi connectivity index (χ4n) is 2.94. The van der Waals surface area contributed by atoms with E-state index in [9.17, 15) is 4.79 Å². The van der Waals surface area contributed by atoms with E-state index in [-0.39, 0.29) is 5.91 Å². The molecule has 3 rings (SSSR count). The summed E-state index contributed by atoms with van der Waals surface area (Å²) < 4.78 is 5.79. The third kappa shape index (κ3) is 5.42. The van der Waals surface area contributed by atoms with Gasteiger partial charge < -0.3 is 10.1 Å². The van der Waals surface area contributed by atoms with Gasteiger partial charge in [-0.3, -0.25) is 9.78 Å². The van der Waals surface area contributed by atoms with Gasteiger partial charge in [-0.15, -0.1) is 0 Å². The number of ether oxygens (including phenoxy) is 1. The molecule has 0 fully saturated rings. The fraction of sp³-hybridized carbons (Fsp3) is 0.217. The van der Waals surface area contributed by atoms with E-state index in [4.69, 9.17) is 4.74 Å². The molecule has 0 aliphatic rings. The third-order valence-corrected chi connectivity index (χ3v) is 4.26. The van der Waals surface area contributed by atoms with Gasteiger partial charge in [-0.05, 0) is 85.8 Å². The maximum atomic E-state index is 12.4. The van der Waals surface area contributed by atoms with Gasteiger partial charge in [0.25, 0.3) is 5.91 Å². The van der Waals surface area contributed by atoms with E-state index in [2.05, 4.69) is 16.4 Å². The van der Waals surface area contributed by atoms with Crippen molar-refractivity contribution in [3.8, 4) is 5.75 Å². The highest BCUT2D eigenvalue weighted by Crippen LogP contribution is 2.19. The minimum absolute atomic E-state index is 0.170. The molecule has 4 heteroatoms. The highest BCUT2D eigenvalue weighted by molar-refractivity contribution is 5.94. The van der Waals surface area contributed by atoms with Crippen LogP contribution in [-0.2, 0) is 11.2 Å². The predicted octanol–water partition coefficient (Wildman–Crippen LogP) is 4.70. The van der Waals surface area contributed by atoms with E-state index in [1.165, 1.54) is 11.1 Å². The Labute approximate surface area is 160 Å². The van der Waals surface area contributed by atoms with E-state index in [1.54, 1.807) is 19.3 Å². The summed E-state index contributed by atoms with van der Waals surface area (Å²) >= 11 is 0. The monoisotopic (exact) mass is 360 g/mol. The number of hydrogen-bond acceptors (Lipinski definition) is 3. The van der Waals surface area contributed by atoms with Gasteiger partial charge in [0.1, 0.15) is 5.75 Å². The third-order valence-electron chi connectivity index (χ3n) is 4.26. The summed E-state index contributed by atoms with van der Waals surface area (Å²) in [4.78, 5) is 16.4. The molecule has 0 aliphatic carbocycles. The van der Waals surface area contributed by atoms with Crippen LogP contribution >= 0.6 is 0 Å². The number of aryl methyl sites for hydroxylation is 2. The van der Waals surface area contributed by atoms with Gasteiger partial charge in [0.05, 0.1) is 0 Å². The standard InChI is InChI=1S/C23H24N2O2/c1-16-12-17(2)14-22(13-16)27-18(3)23(26)25-21-6-4-19(5-7-21)15-20-8-10-24-11-9-20/h4-14,18H,15H2,1-3H3,(H,25,26)/t18-/m0/s1. The van der Waals surface area contributed by atoms with Gasteiger partial charge in [-0.25, -0.2) is 0 Å². The molecule has 4 nitrogen and oxygen atoms in total. The Kier molecular flexibility index (Phi) is 5.87. The molecule has 0 aliphatic heterocycles. The number of aromatic nitrogens is 1. The molecule has 27 heavy (non-hydrogen) atoms. The summed E-state index contributed by atoms with van der Waals surface area (Å²) in [5, 5.41) is 2.91. The second-order valence-electron chi connectivity index (χ2n) is 6.80. The number of benzene rings is 2. The van der Waals surface area contributed by atoms with Crippen molar-refractivity contribution in [2.75, 3.05) is 5.32 Å². The number of amides is 1. The van der Waals surface area contributed by atoms with Crippen LogP contribution in [0.15, 0.2) is 67.0 Å². The molecule has 1 amide bonds. The molecule has 0 spiro atoms. The second kappa shape index (κ2) is 8.49. The first kappa shape index (κ1) is 18.6. The Balaban J connectivity index is 1.58. The van der Waals surface area contributed by atoms with Crippen molar-refractivity contribution in [2.45, 2.75) is 33.3 Å². The van der Waals surface area contributed by atoms with Crippen LogP contribution in [0.25, 0.3) is 0 Å². The van der Waals surface area contributed by atoms with Crippen LogP contribution in [0.5, 0.6) is 5.75 Å². The number of hydrogen-bond donors (Lipinski definition) is 1. The number of pyridine rings is 1. The zero-order chi connectivity index (χ0) is 19.2. The number of nitrogens with one attached hydrogen (secondary N) is 1. The first-order valence-electron chi connectivity index (χ1n) is 9.03. The normalized spacial score (nSPS) is 11.7. The SMILES string of the molecule is Cc1cc(C)cc(O[C@@H](C)C(=O)Nc2ccc(Cc3ccncc3)cc2)c1. The molecule has 0 bridgehead atoms. The average Bonchev–Trinajstić information content (AvgIpc) is 2.63. The van der Waals surface area contributed by atoms with Crippen molar-refractivity contribution in [3.05, 3.63) is 89.2 Å². The lowest BCUT2D eigenvalue weighted by Gasteiger charge is -2.16. The molecule has 2 aromatic carbocycles. The summed E-state index contributed by atoms with van der Waals surface area (Å²) in [7, 11) is 0. The Hall–Kier alpha value is -3.14. The van der Waals surface area contributed by atoms with E-state index < -0.39 is 6.10 Å². The molecule has 3 aromatic rings. The largest absolute Gasteiger partial charge is 0.481 e. The quantitative estimate of drug-likeness (QED) is 0.693. The zero-order valence-electron chi connectivity index (χ0n) is 15.9. The minimum atomic E-state index is -0.581. The average molecular weight is 360 g/mol. The molecule has 1 N–H and O–H groups in total. The van der Waals surface area contributed by atoms with Crippen molar-refractivity contribution in [1.29, 1.82) is 0 Å². The van der Waals surface area contributed by atoms with Crippen LogP contribution in [0, 0.1) is 13.8 Å². The number of carbonyl (C=O) groups is 1. The first-order chi connectivity index (χ1) is 13.0. The highest BCUT2D eigenvalue weighted by Gasteiger charge is 2.15. The number of anilines is 1. The molecular formula is C23H24N2O2. The van der Waals surface area contributed by atoms with Gasteiger partial charge in [-0.1, -0.05) is 18.2 Å². The highest BCUT2D eigenvalue weighted by atomic mass is 16.5. The second-order valence-corrected chi connectivity index (χ2v) is 6.80. The zero-order valence-corrected chi connectivity index (χ0v) is 15.9. The molecule has 1 heterocycles. The van der Waals surface area contributed by atoms with Crippen molar-refractivity contribution < 1.29 is 9.53 Å². The summed E-state index contributed by atoms with van der Waals surface area (Å²) in [5.74, 6) is 0.541. The van der Waals surface area contributed by atoms with Crippen LogP contribution < -0.4 is 10.1 Å². The molecule has 1 atom stereocenters. The van der Waals surface area contributed by atoms with Crippen LogP contribution in [0.3, 0.4) is 0 Å². The molecule has 0 radical (unpaired) electrons. The van der Waals surface area contributed by atoms with Gasteiger partial charge in [-0.2, -0.15) is 0 Å². The number of carbonyl (C=O) groups excluding carboxylic acids is 1. The Bertz CT molecular complexity index is 885. The van der Waals surface area contributed by atoms with Gasteiger partial charge in [0.15, 0.2) is 6.10 Å². The number of nitrogens with zero attached hydrogens (tertiary/aromatic N) is 1. The first-order valence-corrected chi connectivity index (χ1v) is 9.03. The van der Waals surface area contributed by atoms with Gasteiger partial charge >= 0.3 is 0 Å². The molecule has 0 saturated heterocycles. The smallest absolute Gasteiger partial charge is 0.265 e.